The normalized spacial score (nSPS) is 17.4. The largest absolute Gasteiger partial charge is 0.376 e. The van der Waals surface area contributed by atoms with Crippen LogP contribution in [-0.4, -0.2) is 60.1 Å². The van der Waals surface area contributed by atoms with Crippen LogP contribution in [0.3, 0.4) is 0 Å². The Labute approximate surface area is 208 Å². The van der Waals surface area contributed by atoms with E-state index >= 15 is 0 Å². The first kappa shape index (κ1) is 24.7. The average Bonchev–Trinajstić information content (AvgIpc) is 3.13. The molecule has 2 aliphatic heterocycles. The summed E-state index contributed by atoms with van der Waals surface area (Å²) < 4.78 is 0. The molecule has 4 amide bonds. The quantitative estimate of drug-likeness (QED) is 0.480. The van der Waals surface area contributed by atoms with Gasteiger partial charge in [0.1, 0.15) is 6.04 Å². The zero-order valence-corrected chi connectivity index (χ0v) is 20.4. The molecule has 0 aliphatic carbocycles. The lowest BCUT2D eigenvalue weighted by molar-refractivity contribution is -0.137. The number of carbonyl (C=O) groups is 4. The van der Waals surface area contributed by atoms with Crippen molar-refractivity contribution in [2.24, 2.45) is 0 Å². The van der Waals surface area contributed by atoms with E-state index in [0.717, 1.165) is 28.9 Å². The molecular formula is C25H28ClN5O4. The molecule has 4 rings (SSSR count). The number of hydrogen-bond donors (Lipinski definition) is 3. The summed E-state index contributed by atoms with van der Waals surface area (Å²) in [5.41, 5.74) is 3.97. The Balaban J connectivity index is 1.30. The predicted octanol–water partition coefficient (Wildman–Crippen LogP) is 1.89. The van der Waals surface area contributed by atoms with Gasteiger partial charge in [-0.1, -0.05) is 29.8 Å². The summed E-state index contributed by atoms with van der Waals surface area (Å²) in [6.45, 7) is 1.44. The first-order valence-electron chi connectivity index (χ1n) is 11.4. The Morgan fingerprint density at radius 2 is 1.97 bits per heavy atom. The topological polar surface area (TPSA) is 111 Å². The highest BCUT2D eigenvalue weighted by molar-refractivity contribution is 6.31. The van der Waals surface area contributed by atoms with Crippen LogP contribution in [0.5, 0.6) is 0 Å². The lowest BCUT2D eigenvalue weighted by Gasteiger charge is -2.29. The van der Waals surface area contributed by atoms with Gasteiger partial charge in [0, 0.05) is 42.3 Å². The summed E-state index contributed by atoms with van der Waals surface area (Å²) in [6.07, 6.45) is 0.540. The van der Waals surface area contributed by atoms with Crippen LogP contribution in [0.25, 0.3) is 0 Å². The van der Waals surface area contributed by atoms with E-state index in [-0.39, 0.29) is 30.7 Å². The van der Waals surface area contributed by atoms with Crippen LogP contribution in [0.4, 0.5) is 5.69 Å². The Hall–Kier alpha value is -3.43. The van der Waals surface area contributed by atoms with E-state index in [2.05, 4.69) is 16.0 Å². The lowest BCUT2D eigenvalue weighted by atomic mass is 10.0. The number of hydrogen-bond acceptors (Lipinski definition) is 6. The fraction of sp³-hybridized carbons (Fsp3) is 0.360. The number of halogens is 1. The number of nitrogens with zero attached hydrogens (tertiary/aromatic N) is 2. The van der Waals surface area contributed by atoms with Gasteiger partial charge in [-0.25, -0.2) is 0 Å². The molecule has 1 unspecified atom stereocenters. The first-order chi connectivity index (χ1) is 16.7. The molecule has 2 aliphatic rings. The van der Waals surface area contributed by atoms with Crippen LogP contribution in [0.1, 0.15) is 39.9 Å². The molecule has 1 atom stereocenters. The van der Waals surface area contributed by atoms with Gasteiger partial charge >= 0.3 is 0 Å². The maximum absolute atomic E-state index is 12.8. The number of imide groups is 1. The second-order valence-corrected chi connectivity index (χ2v) is 9.47. The third-order valence-corrected chi connectivity index (χ3v) is 6.42. The molecule has 2 aromatic rings. The average molecular weight is 498 g/mol. The third-order valence-electron chi connectivity index (χ3n) is 6.07. The Bertz CT molecular complexity index is 1180. The number of fused-ring (bicyclic) bond motifs is 1. The van der Waals surface area contributed by atoms with E-state index < -0.39 is 11.9 Å². The van der Waals surface area contributed by atoms with Gasteiger partial charge in [0.25, 0.3) is 5.91 Å². The standard InChI is InChI=1S/C25H28ClN5O4/c1-30(2)13-16-4-5-18(10-20(16)26)27-12-23(33)28-11-15-3-6-19-17(9-15)14-31(25(19)35)21-7-8-22(32)29-24(21)34/h3-6,9-10,21,27H,7-8,11-14H2,1-2H3,(H,28,33)(H,29,32,34). The van der Waals surface area contributed by atoms with Gasteiger partial charge in [-0.2, -0.15) is 0 Å². The van der Waals surface area contributed by atoms with Crippen LogP contribution in [-0.2, 0) is 34.0 Å². The van der Waals surface area contributed by atoms with Crippen molar-refractivity contribution in [3.63, 3.8) is 0 Å². The smallest absolute Gasteiger partial charge is 0.255 e. The Morgan fingerprint density at radius 1 is 1.17 bits per heavy atom. The summed E-state index contributed by atoms with van der Waals surface area (Å²) in [5, 5.41) is 8.89. The van der Waals surface area contributed by atoms with Crippen LogP contribution >= 0.6 is 11.6 Å². The highest BCUT2D eigenvalue weighted by Crippen LogP contribution is 2.28. The molecule has 0 spiro atoms. The van der Waals surface area contributed by atoms with E-state index in [1.807, 2.05) is 37.2 Å². The van der Waals surface area contributed by atoms with Crippen LogP contribution < -0.4 is 16.0 Å². The minimum Gasteiger partial charge on any atom is -0.376 e. The molecule has 0 saturated carbocycles. The number of carbonyl (C=O) groups excluding carboxylic acids is 4. The summed E-state index contributed by atoms with van der Waals surface area (Å²) in [7, 11) is 3.94. The minimum absolute atomic E-state index is 0.0933. The van der Waals surface area contributed by atoms with Gasteiger partial charge in [0.2, 0.25) is 17.7 Å². The van der Waals surface area contributed by atoms with Gasteiger partial charge in [-0.15, -0.1) is 0 Å². The van der Waals surface area contributed by atoms with Crippen LogP contribution in [0.2, 0.25) is 5.02 Å². The molecular weight excluding hydrogens is 470 g/mol. The van der Waals surface area contributed by atoms with Crippen molar-refractivity contribution in [2.75, 3.05) is 26.0 Å². The lowest BCUT2D eigenvalue weighted by Crippen LogP contribution is -2.52. The SMILES string of the molecule is CN(C)Cc1ccc(NCC(=O)NCc2ccc3c(c2)CN(C2CCC(=O)NC2=O)C3=O)cc1Cl. The summed E-state index contributed by atoms with van der Waals surface area (Å²) in [6, 6.07) is 10.4. The second-order valence-electron chi connectivity index (χ2n) is 9.07. The highest BCUT2D eigenvalue weighted by Gasteiger charge is 2.39. The molecule has 2 heterocycles. The summed E-state index contributed by atoms with van der Waals surface area (Å²) >= 11 is 6.33. The van der Waals surface area contributed by atoms with Gasteiger partial charge < -0.3 is 20.4 Å². The summed E-state index contributed by atoms with van der Waals surface area (Å²) in [5.74, 6) is -1.15. The van der Waals surface area contributed by atoms with Crippen molar-refractivity contribution in [2.45, 2.75) is 38.5 Å². The van der Waals surface area contributed by atoms with E-state index in [0.29, 0.717) is 30.1 Å². The molecule has 0 radical (unpaired) electrons. The molecule has 2 aromatic carbocycles. The van der Waals surface area contributed by atoms with Gasteiger partial charge in [0.05, 0.1) is 6.54 Å². The van der Waals surface area contributed by atoms with Gasteiger partial charge in [-0.05, 0) is 55.4 Å². The van der Waals surface area contributed by atoms with Crippen molar-refractivity contribution >= 4 is 40.9 Å². The Morgan fingerprint density at radius 3 is 2.69 bits per heavy atom. The Kier molecular flexibility index (Phi) is 7.37. The number of nitrogens with one attached hydrogen (secondary N) is 3. The molecule has 9 nitrogen and oxygen atoms in total. The molecule has 10 heteroatoms. The molecule has 3 N–H and O–H groups in total. The van der Waals surface area contributed by atoms with E-state index in [4.69, 9.17) is 11.6 Å². The molecule has 0 aromatic heterocycles. The molecule has 1 fully saturated rings. The molecule has 1 saturated heterocycles. The fourth-order valence-corrected chi connectivity index (χ4v) is 4.55. The molecule has 184 valence electrons. The fourth-order valence-electron chi connectivity index (χ4n) is 4.31. The number of amides is 4. The molecule has 35 heavy (non-hydrogen) atoms. The van der Waals surface area contributed by atoms with Crippen LogP contribution in [0, 0.1) is 0 Å². The highest BCUT2D eigenvalue weighted by atomic mass is 35.5. The monoisotopic (exact) mass is 497 g/mol. The van der Waals surface area contributed by atoms with Crippen molar-refractivity contribution in [3.05, 3.63) is 63.7 Å². The third kappa shape index (κ3) is 5.80. The zero-order valence-electron chi connectivity index (χ0n) is 19.7. The first-order valence-corrected chi connectivity index (χ1v) is 11.8. The molecule has 0 bridgehead atoms. The minimum atomic E-state index is -0.646. The second kappa shape index (κ2) is 10.5. The zero-order chi connectivity index (χ0) is 25.1. The van der Waals surface area contributed by atoms with Gasteiger partial charge in [-0.3, -0.25) is 24.5 Å². The van der Waals surface area contributed by atoms with E-state index in [1.165, 1.54) is 4.90 Å². The summed E-state index contributed by atoms with van der Waals surface area (Å²) in [4.78, 5) is 52.3. The van der Waals surface area contributed by atoms with Crippen molar-refractivity contribution < 1.29 is 19.2 Å². The maximum Gasteiger partial charge on any atom is 0.255 e. The van der Waals surface area contributed by atoms with Gasteiger partial charge in [0.15, 0.2) is 0 Å². The van der Waals surface area contributed by atoms with E-state index in [1.54, 1.807) is 18.2 Å². The number of rotatable bonds is 8. The van der Waals surface area contributed by atoms with Crippen LogP contribution in [0.15, 0.2) is 36.4 Å². The van der Waals surface area contributed by atoms with Crippen molar-refractivity contribution in [1.82, 2.24) is 20.4 Å². The van der Waals surface area contributed by atoms with E-state index in [9.17, 15) is 19.2 Å². The van der Waals surface area contributed by atoms with Crippen molar-refractivity contribution in [1.29, 1.82) is 0 Å². The predicted molar refractivity (Wildman–Crippen MR) is 132 cm³/mol. The number of anilines is 1. The maximum atomic E-state index is 12.8. The number of piperidine rings is 1. The van der Waals surface area contributed by atoms with Crippen molar-refractivity contribution in [3.8, 4) is 0 Å². The number of benzene rings is 2.